The van der Waals surface area contributed by atoms with Gasteiger partial charge in [-0.15, -0.1) is 0 Å². The molecule has 5 heteroatoms. The number of benzene rings is 1. The average Bonchev–Trinajstić information content (AvgIpc) is 3.05. The maximum absolute atomic E-state index is 13.9. The van der Waals surface area contributed by atoms with Crippen LogP contribution in [-0.2, 0) is 0 Å². The van der Waals surface area contributed by atoms with Crippen LogP contribution >= 0.6 is 0 Å². The van der Waals surface area contributed by atoms with E-state index in [0.29, 0.717) is 5.75 Å². The highest BCUT2D eigenvalue weighted by atomic mass is 19.1. The zero-order valence-corrected chi connectivity index (χ0v) is 15.2. The van der Waals surface area contributed by atoms with Gasteiger partial charge in [0.2, 0.25) is 0 Å². The van der Waals surface area contributed by atoms with E-state index in [1.54, 1.807) is 19.4 Å². The van der Waals surface area contributed by atoms with Gasteiger partial charge in [0, 0.05) is 34.9 Å². The molecule has 0 bridgehead atoms. The molecule has 1 aromatic carbocycles. The standard InChI is InChI=1S/C21H22FN3O/c1-21(2)12-13(6-9-24-21)18-11-17-15(7-8-23-20(17)25-18)16-10-14(22)4-5-19(16)26-3/h4-8,10-11,24H,9,12H2,1-3H3,(H,23,25). The first-order valence-corrected chi connectivity index (χ1v) is 8.73. The largest absolute Gasteiger partial charge is 0.496 e. The maximum Gasteiger partial charge on any atom is 0.138 e. The summed E-state index contributed by atoms with van der Waals surface area (Å²) < 4.78 is 19.3. The number of ether oxygens (including phenoxy) is 1. The number of aromatic nitrogens is 2. The fourth-order valence-electron chi connectivity index (χ4n) is 3.59. The highest BCUT2D eigenvalue weighted by Gasteiger charge is 2.24. The molecule has 4 nitrogen and oxygen atoms in total. The Morgan fingerprint density at radius 3 is 2.77 bits per heavy atom. The zero-order chi connectivity index (χ0) is 18.3. The summed E-state index contributed by atoms with van der Waals surface area (Å²) in [6.07, 6.45) is 4.87. The van der Waals surface area contributed by atoms with E-state index in [0.717, 1.165) is 40.8 Å². The van der Waals surface area contributed by atoms with Gasteiger partial charge in [-0.3, -0.25) is 0 Å². The molecular weight excluding hydrogens is 329 g/mol. The van der Waals surface area contributed by atoms with E-state index >= 15 is 0 Å². The second-order valence-corrected chi connectivity index (χ2v) is 7.32. The SMILES string of the molecule is COc1ccc(F)cc1-c1ccnc2[nH]c(C3=CCNC(C)(C)C3)cc12. The van der Waals surface area contributed by atoms with E-state index in [-0.39, 0.29) is 11.4 Å². The summed E-state index contributed by atoms with van der Waals surface area (Å²) in [4.78, 5) is 7.89. The first kappa shape index (κ1) is 16.8. The molecule has 0 spiro atoms. The van der Waals surface area contributed by atoms with Gasteiger partial charge >= 0.3 is 0 Å². The number of hydrogen-bond acceptors (Lipinski definition) is 3. The zero-order valence-electron chi connectivity index (χ0n) is 15.2. The van der Waals surface area contributed by atoms with Crippen molar-refractivity contribution in [3.8, 4) is 16.9 Å². The summed E-state index contributed by atoms with van der Waals surface area (Å²) in [5, 5.41) is 4.45. The van der Waals surface area contributed by atoms with Crippen LogP contribution in [0.1, 0.15) is 26.0 Å². The van der Waals surface area contributed by atoms with E-state index in [1.165, 1.54) is 17.7 Å². The second-order valence-electron chi connectivity index (χ2n) is 7.32. The van der Waals surface area contributed by atoms with Crippen molar-refractivity contribution in [1.82, 2.24) is 15.3 Å². The van der Waals surface area contributed by atoms with Crippen LogP contribution in [-0.4, -0.2) is 29.2 Å². The molecule has 2 N–H and O–H groups in total. The number of methoxy groups -OCH3 is 1. The Labute approximate surface area is 152 Å². The number of H-pyrrole nitrogens is 1. The van der Waals surface area contributed by atoms with Gasteiger partial charge in [-0.05, 0) is 61.7 Å². The molecule has 0 fully saturated rings. The van der Waals surface area contributed by atoms with Gasteiger partial charge in [0.1, 0.15) is 17.2 Å². The summed E-state index contributed by atoms with van der Waals surface area (Å²) in [5.74, 6) is 0.355. The Hall–Kier alpha value is -2.66. The minimum Gasteiger partial charge on any atom is -0.496 e. The van der Waals surface area contributed by atoms with Crippen molar-refractivity contribution < 1.29 is 9.13 Å². The number of nitrogens with zero attached hydrogens (tertiary/aromatic N) is 1. The smallest absolute Gasteiger partial charge is 0.138 e. The number of aromatic amines is 1. The Morgan fingerprint density at radius 2 is 2.00 bits per heavy atom. The first-order chi connectivity index (χ1) is 12.5. The molecule has 0 radical (unpaired) electrons. The van der Waals surface area contributed by atoms with Gasteiger partial charge in [-0.25, -0.2) is 9.37 Å². The van der Waals surface area contributed by atoms with E-state index < -0.39 is 0 Å². The van der Waals surface area contributed by atoms with Crippen molar-refractivity contribution >= 4 is 16.6 Å². The fourth-order valence-corrected chi connectivity index (χ4v) is 3.59. The molecule has 4 rings (SSSR count). The third-order valence-corrected chi connectivity index (χ3v) is 4.89. The van der Waals surface area contributed by atoms with Crippen LogP contribution < -0.4 is 10.1 Å². The van der Waals surface area contributed by atoms with Gasteiger partial charge < -0.3 is 15.0 Å². The summed E-state index contributed by atoms with van der Waals surface area (Å²) in [5.41, 5.74) is 4.81. The van der Waals surface area contributed by atoms with Crippen LogP contribution in [0, 0.1) is 5.82 Å². The van der Waals surface area contributed by atoms with Gasteiger partial charge in [0.15, 0.2) is 0 Å². The number of hydrogen-bond donors (Lipinski definition) is 2. The molecule has 0 aliphatic carbocycles. The van der Waals surface area contributed by atoms with Crippen LogP contribution in [0.25, 0.3) is 27.7 Å². The third kappa shape index (κ3) is 2.99. The Morgan fingerprint density at radius 1 is 1.15 bits per heavy atom. The van der Waals surface area contributed by atoms with Crippen molar-refractivity contribution in [2.24, 2.45) is 0 Å². The van der Waals surface area contributed by atoms with Gasteiger partial charge in [0.25, 0.3) is 0 Å². The molecule has 0 unspecified atom stereocenters. The molecule has 0 saturated heterocycles. The topological polar surface area (TPSA) is 49.9 Å². The molecule has 3 aromatic rings. The predicted molar refractivity (Wildman–Crippen MR) is 103 cm³/mol. The highest BCUT2D eigenvalue weighted by molar-refractivity contribution is 5.96. The summed E-state index contributed by atoms with van der Waals surface area (Å²) in [6.45, 7) is 5.24. The van der Waals surface area contributed by atoms with Gasteiger partial charge in [-0.2, -0.15) is 0 Å². The lowest BCUT2D eigenvalue weighted by atomic mass is 9.90. The van der Waals surface area contributed by atoms with E-state index in [4.69, 9.17) is 4.74 Å². The minimum atomic E-state index is -0.288. The number of halogens is 1. The van der Waals surface area contributed by atoms with Crippen LogP contribution in [0.3, 0.4) is 0 Å². The lowest BCUT2D eigenvalue weighted by Gasteiger charge is -2.31. The van der Waals surface area contributed by atoms with Crippen molar-refractivity contribution in [3.63, 3.8) is 0 Å². The third-order valence-electron chi connectivity index (χ3n) is 4.89. The Kier molecular flexibility index (Phi) is 4.04. The minimum absolute atomic E-state index is 0.0589. The monoisotopic (exact) mass is 351 g/mol. The number of pyridine rings is 1. The second kappa shape index (κ2) is 6.25. The molecule has 2 aromatic heterocycles. The molecule has 0 atom stereocenters. The quantitative estimate of drug-likeness (QED) is 0.729. The average molecular weight is 351 g/mol. The number of rotatable bonds is 3. The molecule has 0 saturated carbocycles. The fraction of sp³-hybridized carbons (Fsp3) is 0.286. The molecule has 1 aliphatic heterocycles. The highest BCUT2D eigenvalue weighted by Crippen LogP contribution is 2.37. The Bertz CT molecular complexity index is 1000. The van der Waals surface area contributed by atoms with Crippen molar-refractivity contribution in [2.75, 3.05) is 13.7 Å². The number of fused-ring (bicyclic) bond motifs is 1. The summed E-state index contributed by atoms with van der Waals surface area (Å²) >= 11 is 0. The van der Waals surface area contributed by atoms with E-state index in [1.807, 2.05) is 6.07 Å². The van der Waals surface area contributed by atoms with Gasteiger partial charge in [0.05, 0.1) is 7.11 Å². The normalized spacial score (nSPS) is 16.5. The summed E-state index contributed by atoms with van der Waals surface area (Å²) in [7, 11) is 1.60. The van der Waals surface area contributed by atoms with Crippen LogP contribution in [0.5, 0.6) is 5.75 Å². The molecule has 0 amide bonds. The van der Waals surface area contributed by atoms with Crippen molar-refractivity contribution in [1.29, 1.82) is 0 Å². The molecule has 1 aliphatic rings. The van der Waals surface area contributed by atoms with Crippen LogP contribution in [0.15, 0.2) is 42.6 Å². The lowest BCUT2D eigenvalue weighted by Crippen LogP contribution is -2.42. The number of nitrogens with one attached hydrogen (secondary N) is 2. The lowest BCUT2D eigenvalue weighted by molar-refractivity contribution is 0.406. The molecule has 134 valence electrons. The van der Waals surface area contributed by atoms with E-state index in [2.05, 4.69) is 41.3 Å². The molecule has 3 heterocycles. The van der Waals surface area contributed by atoms with E-state index in [9.17, 15) is 4.39 Å². The Balaban J connectivity index is 1.85. The van der Waals surface area contributed by atoms with Crippen LogP contribution in [0.4, 0.5) is 4.39 Å². The summed E-state index contributed by atoms with van der Waals surface area (Å²) in [6, 6.07) is 8.58. The predicted octanol–water partition coefficient (Wildman–Crippen LogP) is 4.53. The van der Waals surface area contributed by atoms with Crippen molar-refractivity contribution in [3.05, 3.63) is 54.1 Å². The van der Waals surface area contributed by atoms with Crippen LogP contribution in [0.2, 0.25) is 0 Å². The maximum atomic E-state index is 13.9. The molecule has 26 heavy (non-hydrogen) atoms. The molecular formula is C21H22FN3O. The van der Waals surface area contributed by atoms with Gasteiger partial charge in [-0.1, -0.05) is 6.08 Å². The first-order valence-electron chi connectivity index (χ1n) is 8.73. The van der Waals surface area contributed by atoms with Crippen molar-refractivity contribution in [2.45, 2.75) is 25.8 Å².